The molecule has 0 aliphatic carbocycles. The first-order chi connectivity index (χ1) is 13.4. The molecular weight excluding hydrogens is 399 g/mol. The van der Waals surface area contributed by atoms with Crippen molar-refractivity contribution in [2.45, 2.75) is 13.1 Å². The van der Waals surface area contributed by atoms with Gasteiger partial charge in [-0.25, -0.2) is 4.98 Å². The van der Waals surface area contributed by atoms with Crippen LogP contribution in [0, 0.1) is 0 Å². The monoisotopic (exact) mass is 420 g/mol. The Bertz CT molecular complexity index is 922. The van der Waals surface area contributed by atoms with Crippen LogP contribution in [0.3, 0.4) is 0 Å². The maximum absolute atomic E-state index is 12.8. The molecule has 0 spiro atoms. The first kappa shape index (κ1) is 20.5. The van der Waals surface area contributed by atoms with Crippen molar-refractivity contribution in [2.75, 3.05) is 27.2 Å². The summed E-state index contributed by atoms with van der Waals surface area (Å²) in [7, 11) is 3.94. The highest BCUT2D eigenvalue weighted by Crippen LogP contribution is 2.22. The van der Waals surface area contributed by atoms with Crippen LogP contribution in [-0.2, 0) is 13.1 Å². The van der Waals surface area contributed by atoms with Crippen molar-refractivity contribution in [1.82, 2.24) is 19.4 Å². The van der Waals surface area contributed by atoms with Crippen LogP contribution >= 0.6 is 23.2 Å². The Morgan fingerprint density at radius 3 is 2.71 bits per heavy atom. The second-order valence-electron chi connectivity index (χ2n) is 6.71. The van der Waals surface area contributed by atoms with Gasteiger partial charge in [0, 0.05) is 35.5 Å². The fourth-order valence-corrected chi connectivity index (χ4v) is 3.24. The lowest BCUT2D eigenvalue weighted by Gasteiger charge is -2.23. The van der Waals surface area contributed by atoms with Crippen LogP contribution in [0.15, 0.2) is 53.4 Å². The molecule has 0 fully saturated rings. The maximum atomic E-state index is 12.8. The fraction of sp³-hybridized carbons (Fsp3) is 0.300. The van der Waals surface area contributed by atoms with Gasteiger partial charge in [0.25, 0.3) is 5.91 Å². The normalized spacial score (nSPS) is 11.2. The highest BCUT2D eigenvalue weighted by Gasteiger charge is 2.20. The molecule has 3 rings (SSSR count). The number of halogens is 2. The van der Waals surface area contributed by atoms with E-state index in [-0.39, 0.29) is 5.91 Å². The Hall–Kier alpha value is -2.28. The van der Waals surface area contributed by atoms with Gasteiger partial charge in [-0.2, -0.15) is 0 Å². The zero-order chi connectivity index (χ0) is 20.1. The summed E-state index contributed by atoms with van der Waals surface area (Å²) in [6.45, 7) is 2.20. The molecule has 6 nitrogen and oxygen atoms in total. The van der Waals surface area contributed by atoms with Gasteiger partial charge < -0.3 is 18.8 Å². The van der Waals surface area contributed by atoms with Crippen LogP contribution in [0.2, 0.25) is 10.0 Å². The number of rotatable bonds is 8. The Morgan fingerprint density at radius 1 is 1.21 bits per heavy atom. The van der Waals surface area contributed by atoms with Gasteiger partial charge in [0.2, 0.25) is 0 Å². The summed E-state index contributed by atoms with van der Waals surface area (Å²) in [6.07, 6.45) is 5.10. The van der Waals surface area contributed by atoms with Crippen LogP contribution in [0.4, 0.5) is 0 Å². The number of carbonyl (C=O) groups is 1. The molecule has 0 aliphatic rings. The van der Waals surface area contributed by atoms with E-state index >= 15 is 0 Å². The van der Waals surface area contributed by atoms with Gasteiger partial charge >= 0.3 is 0 Å². The Labute approximate surface area is 174 Å². The lowest BCUT2D eigenvalue weighted by molar-refractivity contribution is 0.0693. The molecule has 8 heteroatoms. The molecule has 0 atom stereocenters. The molecule has 0 unspecified atom stereocenters. The number of carbonyl (C=O) groups excluding carboxylic acids is 1. The standard InChI is InChI=1S/C20H22Cl2N4O2/c1-24(2)9-10-26(20(27)18-4-3-11-28-18)14-19-23-7-8-25(19)13-15-5-6-16(21)12-17(15)22/h3-8,11-12H,9-10,13-14H2,1-2H3. The average molecular weight is 421 g/mol. The average Bonchev–Trinajstić information content (AvgIpc) is 3.32. The molecule has 0 N–H and O–H groups in total. The third-order valence-corrected chi connectivity index (χ3v) is 4.91. The maximum Gasteiger partial charge on any atom is 0.289 e. The molecule has 148 valence electrons. The number of imidazole rings is 1. The summed E-state index contributed by atoms with van der Waals surface area (Å²) in [5.74, 6) is 0.924. The lowest BCUT2D eigenvalue weighted by atomic mass is 10.2. The summed E-state index contributed by atoms with van der Waals surface area (Å²) in [5, 5.41) is 1.20. The van der Waals surface area contributed by atoms with Gasteiger partial charge in [0.1, 0.15) is 5.82 Å². The number of furan rings is 1. The SMILES string of the molecule is CN(C)CCN(Cc1nccn1Cc1ccc(Cl)cc1Cl)C(=O)c1ccco1. The zero-order valence-electron chi connectivity index (χ0n) is 15.8. The summed E-state index contributed by atoms with van der Waals surface area (Å²) in [6, 6.07) is 8.81. The van der Waals surface area contributed by atoms with Crippen LogP contribution in [0.5, 0.6) is 0 Å². The number of benzene rings is 1. The molecule has 1 aromatic carbocycles. The third-order valence-electron chi connectivity index (χ3n) is 4.33. The molecule has 0 aliphatic heterocycles. The van der Waals surface area contributed by atoms with Crippen molar-refractivity contribution in [3.8, 4) is 0 Å². The molecule has 0 bridgehead atoms. The Balaban J connectivity index is 1.79. The highest BCUT2D eigenvalue weighted by atomic mass is 35.5. The van der Waals surface area contributed by atoms with Gasteiger partial charge in [0.05, 0.1) is 19.4 Å². The van der Waals surface area contributed by atoms with E-state index in [1.54, 1.807) is 29.3 Å². The van der Waals surface area contributed by atoms with Gasteiger partial charge in [0.15, 0.2) is 5.76 Å². The first-order valence-corrected chi connectivity index (χ1v) is 9.61. The summed E-state index contributed by atoms with van der Waals surface area (Å²) in [5.41, 5.74) is 0.933. The third kappa shape index (κ3) is 5.16. The number of hydrogen-bond acceptors (Lipinski definition) is 4. The minimum Gasteiger partial charge on any atom is -0.459 e. The Morgan fingerprint density at radius 2 is 2.04 bits per heavy atom. The number of nitrogens with zero attached hydrogens (tertiary/aromatic N) is 4. The van der Waals surface area contributed by atoms with Crippen molar-refractivity contribution in [1.29, 1.82) is 0 Å². The minimum atomic E-state index is -0.161. The molecule has 2 heterocycles. The van der Waals surface area contributed by atoms with Crippen LogP contribution in [0.25, 0.3) is 0 Å². The van der Waals surface area contributed by atoms with Gasteiger partial charge in [-0.15, -0.1) is 0 Å². The van der Waals surface area contributed by atoms with E-state index in [0.717, 1.165) is 17.9 Å². The fourth-order valence-electron chi connectivity index (χ4n) is 2.77. The molecule has 2 aromatic heterocycles. The highest BCUT2D eigenvalue weighted by molar-refractivity contribution is 6.35. The minimum absolute atomic E-state index is 0.161. The summed E-state index contributed by atoms with van der Waals surface area (Å²) in [4.78, 5) is 21.1. The molecule has 0 saturated carbocycles. The molecule has 1 amide bonds. The second kappa shape index (κ2) is 9.28. The molecule has 28 heavy (non-hydrogen) atoms. The van der Waals surface area contributed by atoms with Crippen molar-refractivity contribution >= 4 is 29.1 Å². The first-order valence-electron chi connectivity index (χ1n) is 8.85. The van der Waals surface area contributed by atoms with Gasteiger partial charge in [-0.1, -0.05) is 29.3 Å². The molecular formula is C20H22Cl2N4O2. The van der Waals surface area contributed by atoms with E-state index in [4.69, 9.17) is 27.6 Å². The predicted octanol–water partition coefficient (Wildman–Crippen LogP) is 4.04. The molecule has 0 radical (unpaired) electrons. The van der Waals surface area contributed by atoms with Crippen LogP contribution in [0.1, 0.15) is 21.9 Å². The van der Waals surface area contributed by atoms with Crippen molar-refractivity contribution < 1.29 is 9.21 Å². The largest absolute Gasteiger partial charge is 0.459 e. The van der Waals surface area contributed by atoms with Crippen molar-refractivity contribution in [3.05, 3.63) is 76.2 Å². The number of aromatic nitrogens is 2. The summed E-state index contributed by atoms with van der Waals surface area (Å²) >= 11 is 12.3. The van der Waals surface area contributed by atoms with Gasteiger partial charge in [-0.05, 0) is 43.9 Å². The van der Waals surface area contributed by atoms with Gasteiger partial charge in [-0.3, -0.25) is 4.79 Å². The van der Waals surface area contributed by atoms with Crippen molar-refractivity contribution in [3.63, 3.8) is 0 Å². The quantitative estimate of drug-likeness (QED) is 0.551. The van der Waals surface area contributed by atoms with E-state index in [1.807, 2.05) is 41.9 Å². The smallest absolute Gasteiger partial charge is 0.289 e. The predicted molar refractivity (Wildman–Crippen MR) is 110 cm³/mol. The number of amides is 1. The number of likely N-dealkylation sites (N-methyl/N-ethyl adjacent to an activating group) is 1. The van der Waals surface area contributed by atoms with E-state index in [9.17, 15) is 4.79 Å². The molecule has 0 saturated heterocycles. The van der Waals surface area contributed by atoms with E-state index in [0.29, 0.717) is 35.4 Å². The molecule has 3 aromatic rings. The second-order valence-corrected chi connectivity index (χ2v) is 7.56. The van der Waals surface area contributed by atoms with Crippen LogP contribution < -0.4 is 0 Å². The zero-order valence-corrected chi connectivity index (χ0v) is 17.3. The Kier molecular flexibility index (Phi) is 6.78. The summed E-state index contributed by atoms with van der Waals surface area (Å²) < 4.78 is 7.27. The van der Waals surface area contributed by atoms with E-state index in [2.05, 4.69) is 4.98 Å². The lowest BCUT2D eigenvalue weighted by Crippen LogP contribution is -2.36. The number of hydrogen-bond donors (Lipinski definition) is 0. The topological polar surface area (TPSA) is 54.5 Å². The van der Waals surface area contributed by atoms with Crippen molar-refractivity contribution in [2.24, 2.45) is 0 Å². The van der Waals surface area contributed by atoms with Crippen LogP contribution in [-0.4, -0.2) is 52.4 Å². The van der Waals surface area contributed by atoms with E-state index < -0.39 is 0 Å². The van der Waals surface area contributed by atoms with E-state index in [1.165, 1.54) is 6.26 Å².